The average Bonchev–Trinajstić information content (AvgIpc) is 2.03. The van der Waals surface area contributed by atoms with Crippen molar-refractivity contribution in [1.82, 2.24) is 26.6 Å². The van der Waals surface area contributed by atoms with Gasteiger partial charge in [0.2, 0.25) is 23.6 Å². The Morgan fingerprint density at radius 1 is 0.506 bits per heavy atom. The molecule has 1 aromatic rings. The van der Waals surface area contributed by atoms with Crippen LogP contribution in [-0.4, -0.2) is 267 Å². The number of rotatable bonds is 30. The maximum atomic E-state index is 13.9. The molecule has 5 aliphatic rings. The van der Waals surface area contributed by atoms with E-state index in [9.17, 15) is 80.1 Å². The molecule has 0 saturated carbocycles. The molecule has 4 saturated heterocycles. The van der Waals surface area contributed by atoms with Crippen LogP contribution in [0.4, 0.5) is 0 Å². The molecule has 31 nitrogen and oxygen atoms in total. The van der Waals surface area contributed by atoms with Crippen molar-refractivity contribution in [2.45, 2.75) is 227 Å². The Labute approximate surface area is 502 Å². The van der Waals surface area contributed by atoms with E-state index >= 15 is 0 Å². The molecule has 5 aliphatic heterocycles. The highest BCUT2D eigenvalue weighted by Gasteiger charge is 2.57. The van der Waals surface area contributed by atoms with E-state index in [0.717, 1.165) is 53.4 Å². The number of amides is 5. The minimum absolute atomic E-state index is 0.0765. The van der Waals surface area contributed by atoms with Crippen LogP contribution in [0.3, 0.4) is 0 Å². The average molecular weight is 1250 g/mol. The van der Waals surface area contributed by atoms with Gasteiger partial charge in [-0.15, -0.1) is 0 Å². The van der Waals surface area contributed by atoms with Crippen molar-refractivity contribution < 1.29 is 128 Å². The Morgan fingerprint density at radius 3 is 1.34 bits per heavy atom. The van der Waals surface area contributed by atoms with Gasteiger partial charge >= 0.3 is 0 Å². The van der Waals surface area contributed by atoms with Crippen LogP contribution in [0.5, 0.6) is 5.75 Å². The second-order valence-electron chi connectivity index (χ2n) is 22.2. The second-order valence-corrected chi connectivity index (χ2v) is 22.2. The molecule has 6 rings (SSSR count). The van der Waals surface area contributed by atoms with E-state index < -0.39 is 203 Å². The first-order valence-corrected chi connectivity index (χ1v) is 29.4. The third kappa shape index (κ3) is 18.9. The highest BCUT2D eigenvalue weighted by atomic mass is 16.8. The van der Waals surface area contributed by atoms with Gasteiger partial charge in [-0.1, -0.05) is 64.4 Å². The van der Waals surface area contributed by atoms with Crippen LogP contribution in [0.1, 0.15) is 103 Å². The van der Waals surface area contributed by atoms with Crippen molar-refractivity contribution in [3.05, 3.63) is 41.3 Å². The van der Waals surface area contributed by atoms with Crippen molar-refractivity contribution in [3.8, 4) is 5.75 Å². The maximum absolute atomic E-state index is 13.9. The predicted octanol–water partition coefficient (Wildman–Crippen LogP) is -4.28. The monoisotopic (exact) mass is 1250 g/mol. The molecule has 1 aromatic carbocycles. The Hall–Kier alpha value is -4.85. The summed E-state index contributed by atoms with van der Waals surface area (Å²) in [6.45, 7) is 2.07. The van der Waals surface area contributed by atoms with Gasteiger partial charge in [-0.3, -0.25) is 24.0 Å². The Morgan fingerprint density at radius 2 is 0.920 bits per heavy atom. The van der Waals surface area contributed by atoms with Gasteiger partial charge in [0, 0.05) is 33.3 Å². The van der Waals surface area contributed by atoms with Gasteiger partial charge in [0.05, 0.1) is 51.9 Å². The lowest BCUT2D eigenvalue weighted by atomic mass is 9.93. The number of nitrogens with one attached hydrogen (secondary N) is 5. The molecule has 87 heavy (non-hydrogen) atoms. The molecule has 494 valence electrons. The number of aliphatic hydroxyl groups excluding tert-OH is 11. The van der Waals surface area contributed by atoms with Gasteiger partial charge in [-0.2, -0.15) is 0 Å². The largest absolute Gasteiger partial charge is 0.508 e. The zero-order valence-electron chi connectivity index (χ0n) is 49.4. The van der Waals surface area contributed by atoms with Gasteiger partial charge in [0.1, 0.15) is 121 Å². The zero-order valence-corrected chi connectivity index (χ0v) is 49.4. The Balaban J connectivity index is 1.18. The summed E-state index contributed by atoms with van der Waals surface area (Å²) >= 11 is 0. The van der Waals surface area contributed by atoms with Crippen molar-refractivity contribution in [3.63, 3.8) is 0 Å². The summed E-state index contributed by atoms with van der Waals surface area (Å²) in [4.78, 5) is 64.0. The van der Waals surface area contributed by atoms with Crippen LogP contribution in [-0.2, 0) is 61.8 Å². The van der Waals surface area contributed by atoms with Crippen molar-refractivity contribution >= 4 is 29.5 Å². The smallest absolute Gasteiger partial charge is 0.251 e. The number of carbonyl (C=O) groups excluding carboxylic acids is 5. The van der Waals surface area contributed by atoms with E-state index in [-0.39, 0.29) is 17.9 Å². The number of benzene rings is 1. The number of ether oxygens (including phenoxy) is 10. The van der Waals surface area contributed by atoms with E-state index in [1.165, 1.54) is 44.2 Å². The van der Waals surface area contributed by atoms with Crippen LogP contribution in [0, 0.1) is 0 Å². The number of hydrogen-bond acceptors (Lipinski definition) is 26. The van der Waals surface area contributed by atoms with Crippen LogP contribution < -0.4 is 31.3 Å². The Bertz CT molecular complexity index is 2400. The van der Waals surface area contributed by atoms with Crippen LogP contribution >= 0.6 is 0 Å². The molecule has 22 atom stereocenters. The van der Waals surface area contributed by atoms with E-state index in [1.54, 1.807) is 12.1 Å². The van der Waals surface area contributed by atoms with Gasteiger partial charge in [0.15, 0.2) is 25.2 Å². The summed E-state index contributed by atoms with van der Waals surface area (Å²) in [6.07, 6.45) is -21.5. The van der Waals surface area contributed by atoms with Gasteiger partial charge in [0.25, 0.3) is 5.91 Å². The molecule has 0 bridgehead atoms. The van der Waals surface area contributed by atoms with Crippen LogP contribution in [0.15, 0.2) is 35.7 Å². The highest BCUT2D eigenvalue weighted by Crippen LogP contribution is 2.36. The second kappa shape index (κ2) is 34.4. The molecule has 4 fully saturated rings. The maximum Gasteiger partial charge on any atom is 0.251 e. The molecular weight excluding hydrogens is 1160 g/mol. The van der Waals surface area contributed by atoms with Gasteiger partial charge in [-0.05, 0) is 24.6 Å². The van der Waals surface area contributed by atoms with Crippen LogP contribution in [0.2, 0.25) is 0 Å². The van der Waals surface area contributed by atoms with E-state index in [1.807, 2.05) is 0 Å². The van der Waals surface area contributed by atoms with E-state index in [4.69, 9.17) is 47.4 Å². The number of aliphatic hydroxyl groups is 11. The fraction of sp³-hybridized carbons (Fsp3) is 0.768. The van der Waals surface area contributed by atoms with Gasteiger partial charge < -0.3 is 130 Å². The highest BCUT2D eigenvalue weighted by molar-refractivity contribution is 5.94. The first-order chi connectivity index (χ1) is 41.6. The summed E-state index contributed by atoms with van der Waals surface area (Å²) in [5.74, 6) is -3.92. The topological polar surface area (TPSA) is 460 Å². The zero-order chi connectivity index (χ0) is 63.6. The number of carbonyl (C=O) groups is 5. The molecular formula is C56H89N5O26. The minimum atomic E-state index is -2.01. The molecule has 15 unspecified atom stereocenters. The molecule has 5 heterocycles. The van der Waals surface area contributed by atoms with E-state index in [2.05, 4.69) is 33.5 Å². The summed E-state index contributed by atoms with van der Waals surface area (Å²) in [5.41, 5.74) is -0.0514. The fourth-order valence-corrected chi connectivity index (χ4v) is 11.1. The third-order valence-electron chi connectivity index (χ3n) is 15.5. The fourth-order valence-electron chi connectivity index (χ4n) is 11.1. The van der Waals surface area contributed by atoms with Gasteiger partial charge in [-0.25, -0.2) is 0 Å². The summed E-state index contributed by atoms with van der Waals surface area (Å²) < 4.78 is 60.1. The molecule has 31 heteroatoms. The minimum Gasteiger partial charge on any atom is -0.508 e. The molecule has 5 amide bonds. The molecule has 0 aromatic heterocycles. The van der Waals surface area contributed by atoms with Crippen molar-refractivity contribution in [2.75, 3.05) is 46.2 Å². The SMILES string of the molecule is CCCCCCCCCCCOc1cccc(C(=O)NC2C(O[C@@H]3C(CO)OC(OC4C(CO)O[C@@H](O[C@@H]5C(CO)O[C@@H](OC6C(O)=C(NC(C)=O)COC6CO)C(NC(C)=O)C5O)[C@@H](NC(C)=O)[C@H]4O)C(NC(C)=O)C3O)OC(CO)[C@@H](O)C2O)c1. The summed E-state index contributed by atoms with van der Waals surface area (Å²) in [6, 6.07) is -0.492. The quantitative estimate of drug-likeness (QED) is 0.0324. The van der Waals surface area contributed by atoms with Crippen molar-refractivity contribution in [1.29, 1.82) is 0 Å². The normalized spacial score (nSPS) is 35.4. The molecule has 0 aliphatic carbocycles. The van der Waals surface area contributed by atoms with Crippen molar-refractivity contribution in [2.24, 2.45) is 0 Å². The summed E-state index contributed by atoms with van der Waals surface area (Å²) in [7, 11) is 0. The predicted molar refractivity (Wildman–Crippen MR) is 296 cm³/mol. The lowest BCUT2D eigenvalue weighted by molar-refractivity contribution is -0.364. The molecule has 16 N–H and O–H groups in total. The standard InChI is InChI=1S/C56H89N5O26/c1-6-7-8-9-10-11-12-13-14-18-78-31-17-15-16-30(19-31)52(77)61-38-44(73)43(72)33(20-62)80-53(38)85-49-35(22-64)82-55(40(46(49)75)59-28(4)69)87-51-37(24-66)83-56(41(47(51)76)60-29(5)70)86-50-36(23-65)81-54(39(45(50)74)58-27(3)68)84-48-34(21-63)79-25-32(42(48)71)57-26(2)67/h15-17,19,33-41,43-51,53-56,62-66,71-76H,6-14,18,20-25H2,1-5H3,(H,57,67)(H,58,68)(H,59,69)(H,60,70)(H,61,77)/t33?,34?,35?,36?,37?,38?,39?,40?,41-,43+,44?,45?,46?,47+,48?,49+,50+,51?,53?,54-,55?,56-/m0/s1. The third-order valence-corrected chi connectivity index (χ3v) is 15.5. The molecule has 0 radical (unpaired) electrons. The first kappa shape index (κ1) is 71.2. The number of unbranched alkanes of at least 4 members (excludes halogenated alkanes) is 8. The lowest BCUT2D eigenvalue weighted by Crippen LogP contribution is -2.72. The van der Waals surface area contributed by atoms with Crippen LogP contribution in [0.25, 0.3) is 0 Å². The Kier molecular flexibility index (Phi) is 28.1. The summed E-state index contributed by atoms with van der Waals surface area (Å²) in [5, 5.41) is 135. The van der Waals surface area contributed by atoms with E-state index in [0.29, 0.717) is 12.4 Å². The number of hydrogen-bond donors (Lipinski definition) is 16. The first-order valence-electron chi connectivity index (χ1n) is 29.4. The lowest BCUT2D eigenvalue weighted by Gasteiger charge is -2.51. The molecule has 0 spiro atoms.